The average Bonchev–Trinajstić information content (AvgIpc) is 2.48. The Kier molecular flexibility index (Phi) is 2.78. The Hall–Kier alpha value is -0.560. The summed E-state index contributed by atoms with van der Waals surface area (Å²) in [6.07, 6.45) is 2.13. The topological polar surface area (TPSA) is 0 Å². The Labute approximate surface area is 89.1 Å². The first kappa shape index (κ1) is 9.97. The van der Waals surface area contributed by atoms with Gasteiger partial charge in [-0.1, -0.05) is 19.1 Å². The molecular formula is C12H14ClF. The molecule has 76 valence electrons. The average molecular weight is 213 g/mol. The van der Waals surface area contributed by atoms with Gasteiger partial charge in [0, 0.05) is 5.38 Å². The fourth-order valence-electron chi connectivity index (χ4n) is 2.32. The summed E-state index contributed by atoms with van der Waals surface area (Å²) in [5.41, 5.74) is 1.10. The summed E-state index contributed by atoms with van der Waals surface area (Å²) in [5.74, 6) is 0.749. The molecule has 0 spiro atoms. The molecule has 0 radical (unpaired) electrons. The summed E-state index contributed by atoms with van der Waals surface area (Å²) < 4.78 is 13.0. The van der Waals surface area contributed by atoms with E-state index >= 15 is 0 Å². The van der Waals surface area contributed by atoms with Gasteiger partial charge in [-0.05, 0) is 42.4 Å². The van der Waals surface area contributed by atoms with Crippen molar-refractivity contribution in [3.05, 3.63) is 35.6 Å². The van der Waals surface area contributed by atoms with Crippen LogP contribution in [0.2, 0.25) is 0 Å². The van der Waals surface area contributed by atoms with Crippen molar-refractivity contribution in [1.82, 2.24) is 0 Å². The largest absolute Gasteiger partial charge is 0.207 e. The summed E-state index contributed by atoms with van der Waals surface area (Å²) >= 11 is 6.15. The Morgan fingerprint density at radius 3 is 2.71 bits per heavy atom. The molecule has 1 aromatic carbocycles. The maximum Gasteiger partial charge on any atom is 0.123 e. The zero-order valence-corrected chi connectivity index (χ0v) is 8.97. The summed E-state index contributed by atoms with van der Waals surface area (Å²) in [7, 11) is 0. The van der Waals surface area contributed by atoms with Crippen LogP contribution < -0.4 is 0 Å². The standard InChI is InChI=1S/C12H14ClF/c1-8-11(5-6-12(8)13)9-3-2-4-10(14)7-9/h2-4,7-8,11-12H,5-6H2,1H3. The number of rotatable bonds is 1. The maximum absolute atomic E-state index is 13.0. The van der Waals surface area contributed by atoms with E-state index in [2.05, 4.69) is 6.92 Å². The zero-order chi connectivity index (χ0) is 10.1. The Morgan fingerprint density at radius 2 is 2.14 bits per heavy atom. The van der Waals surface area contributed by atoms with Gasteiger partial charge in [-0.15, -0.1) is 11.6 Å². The lowest BCUT2D eigenvalue weighted by Crippen LogP contribution is -2.09. The van der Waals surface area contributed by atoms with E-state index in [1.54, 1.807) is 12.1 Å². The number of alkyl halides is 1. The van der Waals surface area contributed by atoms with Gasteiger partial charge in [-0.3, -0.25) is 0 Å². The predicted molar refractivity (Wildman–Crippen MR) is 57.2 cm³/mol. The predicted octanol–water partition coefficient (Wildman–Crippen LogP) is 3.95. The van der Waals surface area contributed by atoms with E-state index in [-0.39, 0.29) is 11.2 Å². The molecule has 1 aromatic rings. The lowest BCUT2D eigenvalue weighted by molar-refractivity contribution is 0.532. The van der Waals surface area contributed by atoms with Crippen LogP contribution in [0.4, 0.5) is 4.39 Å². The third-order valence-corrected chi connectivity index (χ3v) is 3.85. The highest BCUT2D eigenvalue weighted by Gasteiger charge is 2.32. The minimum Gasteiger partial charge on any atom is -0.207 e. The first-order chi connectivity index (χ1) is 6.68. The van der Waals surface area contributed by atoms with Gasteiger partial charge < -0.3 is 0 Å². The van der Waals surface area contributed by atoms with Crippen LogP contribution in [-0.2, 0) is 0 Å². The monoisotopic (exact) mass is 212 g/mol. The van der Waals surface area contributed by atoms with E-state index < -0.39 is 0 Å². The zero-order valence-electron chi connectivity index (χ0n) is 8.21. The van der Waals surface area contributed by atoms with Crippen LogP contribution in [0.1, 0.15) is 31.2 Å². The summed E-state index contributed by atoms with van der Waals surface area (Å²) in [6, 6.07) is 6.90. The fraction of sp³-hybridized carbons (Fsp3) is 0.500. The van der Waals surface area contributed by atoms with Crippen molar-refractivity contribution in [2.24, 2.45) is 5.92 Å². The van der Waals surface area contributed by atoms with Crippen LogP contribution in [-0.4, -0.2) is 5.38 Å². The van der Waals surface area contributed by atoms with E-state index in [0.29, 0.717) is 11.8 Å². The van der Waals surface area contributed by atoms with Gasteiger partial charge in [-0.2, -0.15) is 0 Å². The highest BCUT2D eigenvalue weighted by atomic mass is 35.5. The van der Waals surface area contributed by atoms with Gasteiger partial charge in [0.25, 0.3) is 0 Å². The summed E-state index contributed by atoms with van der Waals surface area (Å²) in [5, 5.41) is 0.253. The first-order valence-corrected chi connectivity index (χ1v) is 5.51. The van der Waals surface area contributed by atoms with Crippen molar-refractivity contribution in [2.75, 3.05) is 0 Å². The quantitative estimate of drug-likeness (QED) is 0.619. The summed E-state index contributed by atoms with van der Waals surface area (Å²) in [4.78, 5) is 0. The number of hydrogen-bond acceptors (Lipinski definition) is 0. The molecular weight excluding hydrogens is 199 g/mol. The van der Waals surface area contributed by atoms with Gasteiger partial charge >= 0.3 is 0 Å². The van der Waals surface area contributed by atoms with E-state index in [9.17, 15) is 4.39 Å². The minimum atomic E-state index is -0.146. The first-order valence-electron chi connectivity index (χ1n) is 5.08. The molecule has 0 amide bonds. The molecule has 0 saturated heterocycles. The van der Waals surface area contributed by atoms with Crippen molar-refractivity contribution in [3.63, 3.8) is 0 Å². The molecule has 0 aromatic heterocycles. The minimum absolute atomic E-state index is 0.146. The number of halogens is 2. The second-order valence-electron chi connectivity index (χ2n) is 4.11. The molecule has 0 N–H and O–H groups in total. The Bertz CT molecular complexity index is 324. The van der Waals surface area contributed by atoms with Gasteiger partial charge in [0.1, 0.15) is 5.82 Å². The molecule has 1 aliphatic rings. The summed E-state index contributed by atoms with van der Waals surface area (Å²) in [6.45, 7) is 2.15. The Morgan fingerprint density at radius 1 is 1.36 bits per heavy atom. The molecule has 3 atom stereocenters. The normalized spacial score (nSPS) is 32.1. The number of benzene rings is 1. The van der Waals surface area contributed by atoms with Crippen LogP contribution in [0.15, 0.2) is 24.3 Å². The third kappa shape index (κ3) is 1.78. The number of hydrogen-bond donors (Lipinski definition) is 0. The highest BCUT2D eigenvalue weighted by Crippen LogP contribution is 2.42. The molecule has 3 unspecified atom stereocenters. The van der Waals surface area contributed by atoms with Gasteiger partial charge in [0.2, 0.25) is 0 Å². The van der Waals surface area contributed by atoms with Crippen LogP contribution in [0, 0.1) is 11.7 Å². The van der Waals surface area contributed by atoms with E-state index in [0.717, 1.165) is 18.4 Å². The smallest absolute Gasteiger partial charge is 0.123 e. The molecule has 1 saturated carbocycles. The maximum atomic E-state index is 13.0. The van der Waals surface area contributed by atoms with Gasteiger partial charge in [0.05, 0.1) is 0 Å². The molecule has 2 heteroatoms. The molecule has 1 aliphatic carbocycles. The van der Waals surface area contributed by atoms with Crippen molar-refractivity contribution in [1.29, 1.82) is 0 Å². The van der Waals surface area contributed by atoms with E-state index in [4.69, 9.17) is 11.6 Å². The van der Waals surface area contributed by atoms with Crippen LogP contribution in [0.5, 0.6) is 0 Å². The molecule has 0 heterocycles. The molecule has 0 bridgehead atoms. The SMILES string of the molecule is CC1C(Cl)CCC1c1cccc(F)c1. The lowest BCUT2D eigenvalue weighted by Gasteiger charge is -2.17. The molecule has 0 nitrogen and oxygen atoms in total. The van der Waals surface area contributed by atoms with Gasteiger partial charge in [-0.25, -0.2) is 4.39 Å². The third-order valence-electron chi connectivity index (χ3n) is 3.24. The Balaban J connectivity index is 2.23. The fourth-order valence-corrected chi connectivity index (χ4v) is 2.63. The van der Waals surface area contributed by atoms with Crippen molar-refractivity contribution in [3.8, 4) is 0 Å². The van der Waals surface area contributed by atoms with E-state index in [1.807, 2.05) is 6.07 Å². The van der Waals surface area contributed by atoms with Crippen molar-refractivity contribution >= 4 is 11.6 Å². The molecule has 1 fully saturated rings. The highest BCUT2D eigenvalue weighted by molar-refractivity contribution is 6.21. The molecule has 14 heavy (non-hydrogen) atoms. The van der Waals surface area contributed by atoms with Crippen LogP contribution >= 0.6 is 11.6 Å². The molecule has 0 aliphatic heterocycles. The second kappa shape index (κ2) is 3.90. The van der Waals surface area contributed by atoms with E-state index in [1.165, 1.54) is 6.07 Å². The van der Waals surface area contributed by atoms with Crippen LogP contribution in [0.3, 0.4) is 0 Å². The lowest BCUT2D eigenvalue weighted by atomic mass is 9.90. The van der Waals surface area contributed by atoms with Gasteiger partial charge in [0.15, 0.2) is 0 Å². The van der Waals surface area contributed by atoms with Crippen molar-refractivity contribution < 1.29 is 4.39 Å². The van der Waals surface area contributed by atoms with Crippen LogP contribution in [0.25, 0.3) is 0 Å². The molecule has 2 rings (SSSR count). The second-order valence-corrected chi connectivity index (χ2v) is 4.67. The van der Waals surface area contributed by atoms with Crippen molar-refractivity contribution in [2.45, 2.75) is 31.1 Å².